The molecule has 1 saturated heterocycles. The number of nitrogens with zero attached hydrogens (tertiary/aromatic N) is 3. The molecule has 35 heavy (non-hydrogen) atoms. The van der Waals surface area contributed by atoms with Gasteiger partial charge in [-0.15, -0.1) is 0 Å². The van der Waals surface area contributed by atoms with Gasteiger partial charge in [0.1, 0.15) is 17.3 Å². The third-order valence-corrected chi connectivity index (χ3v) is 6.63. The van der Waals surface area contributed by atoms with E-state index in [1.54, 1.807) is 7.11 Å². The number of carbonyl (C=O) groups excluding carboxylic acids is 1. The summed E-state index contributed by atoms with van der Waals surface area (Å²) in [6.07, 6.45) is 2.23. The van der Waals surface area contributed by atoms with E-state index in [2.05, 4.69) is 22.8 Å². The summed E-state index contributed by atoms with van der Waals surface area (Å²) in [6.45, 7) is 2.86. The minimum atomic E-state index is 0.105. The summed E-state index contributed by atoms with van der Waals surface area (Å²) in [4.78, 5) is 19.8. The molecular weight excluding hydrogens is 438 g/mol. The molecule has 180 valence electrons. The predicted molar refractivity (Wildman–Crippen MR) is 137 cm³/mol. The second-order valence-electron chi connectivity index (χ2n) is 8.96. The predicted octanol–water partition coefficient (Wildman–Crippen LogP) is 5.07. The molecule has 4 aromatic rings. The van der Waals surface area contributed by atoms with E-state index in [4.69, 9.17) is 14.5 Å². The lowest BCUT2D eigenvalue weighted by molar-refractivity contribution is -0.127. The normalized spacial score (nSPS) is 15.6. The maximum Gasteiger partial charge on any atom is 0.223 e. The highest BCUT2D eigenvalue weighted by Gasteiger charge is 2.33. The van der Waals surface area contributed by atoms with Gasteiger partial charge in [-0.25, -0.2) is 4.98 Å². The van der Waals surface area contributed by atoms with Crippen LogP contribution in [0.15, 0.2) is 78.9 Å². The number of likely N-dealkylation sites (tertiary alicyclic amines) is 1. The number of amides is 1. The van der Waals surface area contributed by atoms with Crippen LogP contribution >= 0.6 is 0 Å². The highest BCUT2D eigenvalue weighted by Crippen LogP contribution is 2.31. The standard InChI is InChI=1S/C29H31N3O3/c1-34-24-12-14-25(15-13-24)35-19-7-17-32-27-11-6-5-10-26(27)30-29(32)23-20-28(33)31(21-23)18-16-22-8-3-2-4-9-22/h2-6,8-15,23H,7,16-21H2,1H3. The Kier molecular flexibility index (Phi) is 6.98. The van der Waals surface area contributed by atoms with Crippen LogP contribution in [0.25, 0.3) is 11.0 Å². The number of fused-ring (bicyclic) bond motifs is 1. The first-order chi connectivity index (χ1) is 17.2. The van der Waals surface area contributed by atoms with Gasteiger partial charge in [-0.1, -0.05) is 42.5 Å². The number of aromatic nitrogens is 2. The molecule has 1 aromatic heterocycles. The zero-order valence-corrected chi connectivity index (χ0v) is 20.1. The molecule has 0 radical (unpaired) electrons. The molecule has 0 aliphatic carbocycles. The maximum absolute atomic E-state index is 12.8. The number of rotatable bonds is 10. The molecule has 1 unspecified atom stereocenters. The van der Waals surface area contributed by atoms with Crippen molar-refractivity contribution in [2.75, 3.05) is 26.8 Å². The molecular formula is C29H31N3O3. The second kappa shape index (κ2) is 10.6. The van der Waals surface area contributed by atoms with Gasteiger partial charge < -0.3 is 18.9 Å². The van der Waals surface area contributed by atoms with Crippen molar-refractivity contribution in [3.05, 3.63) is 90.3 Å². The van der Waals surface area contributed by atoms with Crippen molar-refractivity contribution in [1.82, 2.24) is 14.5 Å². The molecule has 3 aromatic carbocycles. The Balaban J connectivity index is 1.25. The van der Waals surface area contributed by atoms with E-state index in [9.17, 15) is 4.79 Å². The van der Waals surface area contributed by atoms with Gasteiger partial charge in [0.15, 0.2) is 0 Å². The molecule has 1 amide bonds. The van der Waals surface area contributed by atoms with Crippen LogP contribution in [0.5, 0.6) is 11.5 Å². The Morgan fingerprint density at radius 2 is 1.66 bits per heavy atom. The van der Waals surface area contributed by atoms with E-state index in [0.717, 1.165) is 60.8 Å². The lowest BCUT2D eigenvalue weighted by Crippen LogP contribution is -2.27. The number of methoxy groups -OCH3 is 1. The highest BCUT2D eigenvalue weighted by molar-refractivity contribution is 5.81. The SMILES string of the molecule is COc1ccc(OCCCn2c(C3CC(=O)N(CCc4ccccc4)C3)nc3ccccc32)cc1. The number of aryl methyl sites for hydroxylation is 1. The Bertz CT molecular complexity index is 1270. The molecule has 0 N–H and O–H groups in total. The van der Waals surface area contributed by atoms with E-state index in [0.29, 0.717) is 13.0 Å². The van der Waals surface area contributed by atoms with Crippen LogP contribution in [0.3, 0.4) is 0 Å². The molecule has 0 bridgehead atoms. The van der Waals surface area contributed by atoms with Gasteiger partial charge in [0, 0.05) is 32.0 Å². The van der Waals surface area contributed by atoms with Crippen LogP contribution in [0.2, 0.25) is 0 Å². The summed E-state index contributed by atoms with van der Waals surface area (Å²) in [5.74, 6) is 2.97. The average Bonchev–Trinajstić information content (AvgIpc) is 3.46. The molecule has 6 heteroatoms. The number of carbonyl (C=O) groups is 1. The van der Waals surface area contributed by atoms with Crippen LogP contribution in [-0.4, -0.2) is 47.2 Å². The first-order valence-corrected chi connectivity index (χ1v) is 12.2. The van der Waals surface area contributed by atoms with E-state index in [-0.39, 0.29) is 11.8 Å². The van der Waals surface area contributed by atoms with Gasteiger partial charge in [0.2, 0.25) is 5.91 Å². The van der Waals surface area contributed by atoms with Gasteiger partial charge >= 0.3 is 0 Å². The van der Waals surface area contributed by atoms with Gasteiger partial charge in [0.25, 0.3) is 0 Å². The van der Waals surface area contributed by atoms with Crippen molar-refractivity contribution < 1.29 is 14.3 Å². The van der Waals surface area contributed by atoms with E-state index in [1.165, 1.54) is 5.56 Å². The lowest BCUT2D eigenvalue weighted by Gasteiger charge is -2.17. The average molecular weight is 470 g/mol. The molecule has 0 spiro atoms. The van der Waals surface area contributed by atoms with Crippen molar-refractivity contribution in [3.8, 4) is 11.5 Å². The van der Waals surface area contributed by atoms with Crippen molar-refractivity contribution in [1.29, 1.82) is 0 Å². The zero-order chi connectivity index (χ0) is 24.0. The Hall–Kier alpha value is -3.80. The van der Waals surface area contributed by atoms with Gasteiger partial charge in [0.05, 0.1) is 24.8 Å². The summed E-state index contributed by atoms with van der Waals surface area (Å²) in [5, 5.41) is 0. The molecule has 1 aliphatic heterocycles. The molecule has 0 saturated carbocycles. The number of para-hydroxylation sites is 2. The molecule has 1 fully saturated rings. The topological polar surface area (TPSA) is 56.6 Å². The van der Waals surface area contributed by atoms with Crippen LogP contribution in [-0.2, 0) is 17.8 Å². The van der Waals surface area contributed by atoms with Crippen molar-refractivity contribution in [2.45, 2.75) is 31.7 Å². The van der Waals surface area contributed by atoms with E-state index in [1.807, 2.05) is 65.6 Å². The summed E-state index contributed by atoms with van der Waals surface area (Å²) >= 11 is 0. The first-order valence-electron chi connectivity index (χ1n) is 12.2. The Labute approximate surface area is 206 Å². The third-order valence-electron chi connectivity index (χ3n) is 6.63. The molecule has 6 nitrogen and oxygen atoms in total. The minimum Gasteiger partial charge on any atom is -0.497 e. The largest absolute Gasteiger partial charge is 0.497 e. The molecule has 5 rings (SSSR count). The fourth-order valence-corrected chi connectivity index (χ4v) is 4.80. The fraction of sp³-hybridized carbons (Fsp3) is 0.310. The van der Waals surface area contributed by atoms with Crippen LogP contribution in [0.1, 0.15) is 30.1 Å². The monoisotopic (exact) mass is 469 g/mol. The Morgan fingerprint density at radius 1 is 0.914 bits per heavy atom. The van der Waals surface area contributed by atoms with E-state index < -0.39 is 0 Å². The molecule has 2 heterocycles. The smallest absolute Gasteiger partial charge is 0.223 e. The summed E-state index contributed by atoms with van der Waals surface area (Å²) in [7, 11) is 1.66. The van der Waals surface area contributed by atoms with Crippen molar-refractivity contribution in [2.24, 2.45) is 0 Å². The number of ether oxygens (including phenoxy) is 2. The molecule has 1 atom stereocenters. The minimum absolute atomic E-state index is 0.105. The van der Waals surface area contributed by atoms with Gasteiger partial charge in [-0.3, -0.25) is 4.79 Å². The number of benzene rings is 3. The zero-order valence-electron chi connectivity index (χ0n) is 20.1. The van der Waals surface area contributed by atoms with E-state index >= 15 is 0 Å². The fourth-order valence-electron chi connectivity index (χ4n) is 4.80. The lowest BCUT2D eigenvalue weighted by atomic mass is 10.1. The maximum atomic E-state index is 12.8. The highest BCUT2D eigenvalue weighted by atomic mass is 16.5. The van der Waals surface area contributed by atoms with Crippen molar-refractivity contribution >= 4 is 16.9 Å². The van der Waals surface area contributed by atoms with Gasteiger partial charge in [-0.2, -0.15) is 0 Å². The summed E-state index contributed by atoms with van der Waals surface area (Å²) < 4.78 is 13.4. The number of imidazole rings is 1. The van der Waals surface area contributed by atoms with Crippen LogP contribution < -0.4 is 9.47 Å². The quantitative estimate of drug-likeness (QED) is 0.304. The summed E-state index contributed by atoms with van der Waals surface area (Å²) in [6, 6.07) is 26.2. The number of hydrogen-bond acceptors (Lipinski definition) is 4. The van der Waals surface area contributed by atoms with Crippen molar-refractivity contribution in [3.63, 3.8) is 0 Å². The third kappa shape index (κ3) is 5.32. The van der Waals surface area contributed by atoms with Crippen LogP contribution in [0.4, 0.5) is 0 Å². The molecule has 1 aliphatic rings. The van der Waals surface area contributed by atoms with Gasteiger partial charge in [-0.05, 0) is 54.8 Å². The first kappa shape index (κ1) is 23.0. The second-order valence-corrected chi connectivity index (χ2v) is 8.96. The van der Waals surface area contributed by atoms with Crippen LogP contribution in [0, 0.1) is 0 Å². The number of hydrogen-bond donors (Lipinski definition) is 0. The summed E-state index contributed by atoms with van der Waals surface area (Å²) in [5.41, 5.74) is 3.35. The Morgan fingerprint density at radius 3 is 2.46 bits per heavy atom.